The number of amides is 1. The summed E-state index contributed by atoms with van der Waals surface area (Å²) in [6, 6.07) is 9.15. The molecule has 0 radical (unpaired) electrons. The highest BCUT2D eigenvalue weighted by molar-refractivity contribution is 5.70. The van der Waals surface area contributed by atoms with Gasteiger partial charge in [0.1, 0.15) is 11.4 Å². The predicted molar refractivity (Wildman–Crippen MR) is 147 cm³/mol. The third-order valence-corrected chi connectivity index (χ3v) is 6.37. The average molecular weight is 487 g/mol. The molecule has 1 fully saturated rings. The molecule has 0 aromatic heterocycles. The molecule has 196 valence electrons. The highest BCUT2D eigenvalue weighted by Crippen LogP contribution is 2.54. The monoisotopic (exact) mass is 486 g/mol. The van der Waals surface area contributed by atoms with Crippen LogP contribution < -0.4 is 10.1 Å². The van der Waals surface area contributed by atoms with E-state index in [0.29, 0.717) is 18.2 Å². The molecule has 0 heterocycles. The third-order valence-electron chi connectivity index (χ3n) is 6.37. The summed E-state index contributed by atoms with van der Waals surface area (Å²) in [5.41, 5.74) is 0.782. The maximum Gasteiger partial charge on any atom is 0.414 e. The minimum atomic E-state index is -1.32. The van der Waals surface area contributed by atoms with Gasteiger partial charge < -0.3 is 15.0 Å². The minimum Gasteiger partial charge on any atom is -0.410 e. The largest absolute Gasteiger partial charge is 0.414 e. The molecule has 1 N–H and O–H groups in total. The van der Waals surface area contributed by atoms with Gasteiger partial charge in [0.25, 0.3) is 0 Å². The highest BCUT2D eigenvalue weighted by atomic mass is 19.1. The van der Waals surface area contributed by atoms with Crippen LogP contribution in [0.15, 0.2) is 65.8 Å². The smallest absolute Gasteiger partial charge is 0.410 e. The van der Waals surface area contributed by atoms with E-state index in [4.69, 9.17) is 4.74 Å². The summed E-state index contributed by atoms with van der Waals surface area (Å²) >= 11 is 0. The van der Waals surface area contributed by atoms with Crippen LogP contribution in [0.5, 0.6) is 5.75 Å². The van der Waals surface area contributed by atoms with E-state index < -0.39 is 5.67 Å². The van der Waals surface area contributed by atoms with Gasteiger partial charge in [0.05, 0.1) is 0 Å². The molecule has 35 heavy (non-hydrogen) atoms. The second kappa shape index (κ2) is 14.9. The van der Waals surface area contributed by atoms with Crippen molar-refractivity contribution in [2.75, 3.05) is 26.7 Å². The lowest BCUT2D eigenvalue weighted by molar-refractivity contribution is 0.159. The number of alkyl halides is 1. The van der Waals surface area contributed by atoms with Crippen molar-refractivity contribution in [1.82, 2.24) is 10.2 Å². The van der Waals surface area contributed by atoms with Crippen LogP contribution in [0.1, 0.15) is 67.7 Å². The Morgan fingerprint density at radius 3 is 2.49 bits per heavy atom. The second-order valence-corrected chi connectivity index (χ2v) is 9.53. The number of allylic oxidation sites excluding steroid dienone is 4. The molecule has 1 aromatic carbocycles. The van der Waals surface area contributed by atoms with Crippen molar-refractivity contribution >= 4 is 6.09 Å². The van der Waals surface area contributed by atoms with Gasteiger partial charge >= 0.3 is 6.09 Å². The van der Waals surface area contributed by atoms with E-state index in [1.807, 2.05) is 58.0 Å². The van der Waals surface area contributed by atoms with Crippen molar-refractivity contribution in [2.24, 2.45) is 11.3 Å². The molecule has 0 bridgehead atoms. The zero-order valence-corrected chi connectivity index (χ0v) is 23.2. The minimum absolute atomic E-state index is 0.244. The van der Waals surface area contributed by atoms with Crippen LogP contribution >= 0.6 is 0 Å². The van der Waals surface area contributed by atoms with Gasteiger partial charge in [0.2, 0.25) is 0 Å². The molecule has 0 saturated heterocycles. The molecule has 2 aliphatic rings. The average Bonchev–Trinajstić information content (AvgIpc) is 3.57. The number of para-hydroxylation sites is 1. The standard InChI is InChI=1S/C26H35FN2O2.2C2H6/c1-25(2,27)21-11-9-8-10-20(16-21)18-28-19-22-17-26(22,3)14-15-29(4)24(30)31-23-12-6-5-7-13-23;2*1-2/h5-8,10-13,16,22,28H,9,14-15,17-19H2,1-4H3;2*1-2H3. The number of rotatable bonds is 9. The second-order valence-electron chi connectivity index (χ2n) is 9.53. The molecule has 3 rings (SSSR count). The Balaban J connectivity index is 0.00000145. The fraction of sp³-hybridized carbons (Fsp3) is 0.567. The summed E-state index contributed by atoms with van der Waals surface area (Å²) in [5.74, 6) is 1.16. The van der Waals surface area contributed by atoms with E-state index in [1.54, 1.807) is 37.9 Å². The summed E-state index contributed by atoms with van der Waals surface area (Å²) < 4.78 is 19.7. The van der Waals surface area contributed by atoms with Gasteiger partial charge in [0.15, 0.2) is 0 Å². The van der Waals surface area contributed by atoms with Gasteiger partial charge in [-0.15, -0.1) is 0 Å². The van der Waals surface area contributed by atoms with Crippen molar-refractivity contribution < 1.29 is 13.9 Å². The fourth-order valence-corrected chi connectivity index (χ4v) is 3.95. The van der Waals surface area contributed by atoms with Gasteiger partial charge in [0, 0.05) is 20.1 Å². The maximum atomic E-state index is 14.3. The fourth-order valence-electron chi connectivity index (χ4n) is 3.95. The van der Waals surface area contributed by atoms with Crippen LogP contribution in [0.4, 0.5) is 9.18 Å². The molecule has 1 amide bonds. The van der Waals surface area contributed by atoms with Gasteiger partial charge in [-0.2, -0.15) is 0 Å². The van der Waals surface area contributed by atoms with Gasteiger partial charge in [-0.1, -0.05) is 77.1 Å². The summed E-state index contributed by atoms with van der Waals surface area (Å²) in [5, 5.41) is 3.54. The zero-order chi connectivity index (χ0) is 26.5. The van der Waals surface area contributed by atoms with E-state index >= 15 is 0 Å². The van der Waals surface area contributed by atoms with Crippen LogP contribution in [0.3, 0.4) is 0 Å². The van der Waals surface area contributed by atoms with E-state index in [2.05, 4.69) is 24.4 Å². The highest BCUT2D eigenvalue weighted by Gasteiger charge is 2.48. The molecule has 2 unspecified atom stereocenters. The Hall–Kier alpha value is -2.40. The first-order valence-electron chi connectivity index (χ1n) is 13.1. The molecule has 1 saturated carbocycles. The molecule has 5 heteroatoms. The van der Waals surface area contributed by atoms with E-state index in [9.17, 15) is 9.18 Å². The molecule has 4 nitrogen and oxygen atoms in total. The van der Waals surface area contributed by atoms with Gasteiger partial charge in [-0.25, -0.2) is 9.18 Å². The first kappa shape index (κ1) is 30.6. The van der Waals surface area contributed by atoms with E-state index in [1.165, 1.54) is 0 Å². The van der Waals surface area contributed by atoms with Crippen molar-refractivity contribution in [3.63, 3.8) is 0 Å². The molecule has 1 aromatic rings. The number of hydrogen-bond acceptors (Lipinski definition) is 3. The van der Waals surface area contributed by atoms with Crippen LogP contribution in [0.25, 0.3) is 0 Å². The number of carbonyl (C=O) groups excluding carboxylic acids is 1. The van der Waals surface area contributed by atoms with Gasteiger partial charge in [-0.05, 0) is 74.3 Å². The summed E-state index contributed by atoms with van der Waals surface area (Å²) in [7, 11) is 1.78. The lowest BCUT2D eigenvalue weighted by atomic mass is 9.97. The Bertz CT molecular complexity index is 855. The van der Waals surface area contributed by atoms with Gasteiger partial charge in [-0.3, -0.25) is 0 Å². The number of nitrogens with one attached hydrogen (secondary N) is 1. The molecular weight excluding hydrogens is 439 g/mol. The van der Waals surface area contributed by atoms with Crippen molar-refractivity contribution in [3.8, 4) is 5.75 Å². The van der Waals surface area contributed by atoms with Crippen molar-refractivity contribution in [2.45, 2.75) is 73.4 Å². The van der Waals surface area contributed by atoms with E-state index in [0.717, 1.165) is 43.5 Å². The van der Waals surface area contributed by atoms with Crippen LogP contribution in [0, 0.1) is 11.3 Å². The zero-order valence-electron chi connectivity index (χ0n) is 23.2. The molecule has 2 atom stereocenters. The van der Waals surface area contributed by atoms with Crippen LogP contribution in [-0.4, -0.2) is 43.3 Å². The quantitative estimate of drug-likeness (QED) is 0.388. The number of carbonyl (C=O) groups is 1. The number of ether oxygens (including phenoxy) is 1. The summed E-state index contributed by atoms with van der Waals surface area (Å²) in [4.78, 5) is 13.9. The number of nitrogens with zero attached hydrogens (tertiary/aromatic N) is 1. The summed E-state index contributed by atoms with van der Waals surface area (Å²) in [6.45, 7) is 15.8. The topological polar surface area (TPSA) is 41.6 Å². The molecular formula is C30H47FN2O2. The van der Waals surface area contributed by atoms with Crippen molar-refractivity contribution in [3.05, 3.63) is 65.8 Å². The first-order chi connectivity index (χ1) is 16.7. The Morgan fingerprint density at radius 1 is 1.20 bits per heavy atom. The lowest BCUT2D eigenvalue weighted by Gasteiger charge is -2.20. The maximum absolute atomic E-state index is 14.3. The molecule has 2 aliphatic carbocycles. The normalized spacial score (nSPS) is 20.7. The predicted octanol–water partition coefficient (Wildman–Crippen LogP) is 7.74. The first-order valence-corrected chi connectivity index (χ1v) is 13.1. The Morgan fingerprint density at radius 2 is 1.86 bits per heavy atom. The number of halogens is 1. The van der Waals surface area contributed by atoms with E-state index in [-0.39, 0.29) is 11.5 Å². The Labute approximate surface area is 213 Å². The lowest BCUT2D eigenvalue weighted by Crippen LogP contribution is -2.32. The SMILES string of the molecule is CC.CC.CN(CCC1(C)CC1CNCC1=CC(C(C)(C)F)=CCC=C1)C(=O)Oc1ccccc1. The number of hydrogen-bond donors (Lipinski definition) is 1. The molecule has 0 spiro atoms. The third kappa shape index (κ3) is 10.4. The van der Waals surface area contributed by atoms with Crippen molar-refractivity contribution in [1.29, 1.82) is 0 Å². The van der Waals surface area contributed by atoms with Crippen LogP contribution in [-0.2, 0) is 0 Å². The van der Waals surface area contributed by atoms with Crippen LogP contribution in [0.2, 0.25) is 0 Å². The summed E-state index contributed by atoms with van der Waals surface area (Å²) in [6.07, 6.45) is 10.6. The Kier molecular flexibility index (Phi) is 13.0. The number of benzene rings is 1. The molecule has 0 aliphatic heterocycles.